The summed E-state index contributed by atoms with van der Waals surface area (Å²) in [6, 6.07) is 31.4. The van der Waals surface area contributed by atoms with Gasteiger partial charge < -0.3 is 9.97 Å². The molecule has 6 aromatic rings. The lowest BCUT2D eigenvalue weighted by Crippen LogP contribution is -2.05. The summed E-state index contributed by atoms with van der Waals surface area (Å²) in [6.45, 7) is 0. The Morgan fingerprint density at radius 1 is 0.571 bits per heavy atom. The largest absolute Gasteiger partial charge is 0.361 e. The van der Waals surface area contributed by atoms with Crippen molar-refractivity contribution in [3.05, 3.63) is 140 Å². The predicted octanol–water partition coefficient (Wildman–Crippen LogP) is 8.75. The maximum absolute atomic E-state index is 3.67. The molecule has 0 radical (unpaired) electrons. The van der Waals surface area contributed by atoms with Gasteiger partial charge in [-0.15, -0.1) is 0 Å². The summed E-state index contributed by atoms with van der Waals surface area (Å²) in [5.74, 6) is 6.81. The van der Waals surface area contributed by atoms with E-state index in [0.717, 1.165) is 31.1 Å². The molecule has 2 aromatic heterocycles. The van der Waals surface area contributed by atoms with Gasteiger partial charge in [-0.25, -0.2) is 0 Å². The molecular weight excluding hydrogens is 560 g/mol. The molecule has 0 unspecified atom stereocenters. The summed E-state index contributed by atoms with van der Waals surface area (Å²) < 4.78 is 2.12. The number of fused-ring (bicyclic) bond motifs is 2. The monoisotopic (exact) mass is 578 g/mol. The Bertz CT molecular complexity index is 1650. The Morgan fingerprint density at radius 2 is 1.14 bits per heavy atom. The molecule has 6 rings (SSSR count). The van der Waals surface area contributed by atoms with Gasteiger partial charge in [0.25, 0.3) is 0 Å². The number of aromatic amines is 2. The lowest BCUT2D eigenvalue weighted by molar-refractivity contribution is 0.993. The van der Waals surface area contributed by atoms with Crippen LogP contribution in [0.4, 0.5) is 0 Å². The van der Waals surface area contributed by atoms with Gasteiger partial charge in [0.05, 0.1) is 0 Å². The molecule has 35 heavy (non-hydrogen) atoms. The highest BCUT2D eigenvalue weighted by Crippen LogP contribution is 2.41. The van der Waals surface area contributed by atoms with E-state index < -0.39 is 0 Å². The third-order valence-electron chi connectivity index (χ3n) is 6.36. The Balaban J connectivity index is 1.61. The number of benzene rings is 4. The topological polar surface area (TPSA) is 31.6 Å². The van der Waals surface area contributed by atoms with Gasteiger partial charge in [-0.05, 0) is 71.3 Å². The zero-order valence-corrected chi connectivity index (χ0v) is 21.8. The standard InChI is InChI=1S/C31H20Br2N2/c32-22-12-14-29-25(16-22)27(18-34-29)31(28-19-35-30-15-13-23(33)17-26(28)30)24-9-5-4-8-21(24)11-10-20-6-2-1-3-7-20/h1-9,12-19,31,34-35H. The van der Waals surface area contributed by atoms with E-state index in [-0.39, 0.29) is 5.92 Å². The number of hydrogen-bond acceptors (Lipinski definition) is 0. The maximum atomic E-state index is 3.67. The van der Waals surface area contributed by atoms with Gasteiger partial charge in [0.15, 0.2) is 0 Å². The predicted molar refractivity (Wildman–Crippen MR) is 152 cm³/mol. The molecule has 4 aromatic carbocycles. The molecule has 0 aliphatic carbocycles. The average molecular weight is 580 g/mol. The number of hydrogen-bond donors (Lipinski definition) is 2. The molecule has 0 aliphatic heterocycles. The van der Waals surface area contributed by atoms with Gasteiger partial charge in [0.1, 0.15) is 0 Å². The first-order valence-electron chi connectivity index (χ1n) is 11.4. The number of nitrogens with one attached hydrogen (secondary N) is 2. The Hall–Kier alpha value is -3.52. The van der Waals surface area contributed by atoms with Gasteiger partial charge >= 0.3 is 0 Å². The van der Waals surface area contributed by atoms with Crippen LogP contribution in [-0.4, -0.2) is 9.97 Å². The first-order chi connectivity index (χ1) is 17.2. The number of aromatic nitrogens is 2. The number of H-pyrrole nitrogens is 2. The molecule has 0 spiro atoms. The Morgan fingerprint density at radius 3 is 1.77 bits per heavy atom. The molecule has 0 saturated heterocycles. The maximum Gasteiger partial charge on any atom is 0.0457 e. The SMILES string of the molecule is Brc1ccc2[nH]cc(C(c3ccccc3C#Cc3ccccc3)c3c[nH]c4ccc(Br)cc34)c2c1. The fourth-order valence-corrected chi connectivity index (χ4v) is 5.45. The van der Waals surface area contributed by atoms with Crippen molar-refractivity contribution < 1.29 is 0 Å². The zero-order chi connectivity index (χ0) is 23.8. The van der Waals surface area contributed by atoms with E-state index in [4.69, 9.17) is 0 Å². The van der Waals surface area contributed by atoms with E-state index >= 15 is 0 Å². The normalized spacial score (nSPS) is 11.2. The van der Waals surface area contributed by atoms with Gasteiger partial charge in [-0.3, -0.25) is 0 Å². The molecule has 0 bridgehead atoms. The van der Waals surface area contributed by atoms with Crippen molar-refractivity contribution in [3.63, 3.8) is 0 Å². The van der Waals surface area contributed by atoms with Crippen molar-refractivity contribution in [3.8, 4) is 11.8 Å². The molecule has 0 atom stereocenters. The summed E-state index contributed by atoms with van der Waals surface area (Å²) in [5, 5.41) is 2.39. The second kappa shape index (κ2) is 9.26. The molecular formula is C31H20Br2N2. The van der Waals surface area contributed by atoms with E-state index in [1.165, 1.54) is 27.5 Å². The Labute approximate surface area is 220 Å². The van der Waals surface area contributed by atoms with E-state index in [1.54, 1.807) is 0 Å². The van der Waals surface area contributed by atoms with Gasteiger partial charge in [-0.2, -0.15) is 0 Å². The lowest BCUT2D eigenvalue weighted by Gasteiger charge is -2.19. The number of halogens is 2. The van der Waals surface area contributed by atoms with E-state index in [9.17, 15) is 0 Å². The van der Waals surface area contributed by atoms with Crippen LogP contribution in [0.2, 0.25) is 0 Å². The van der Waals surface area contributed by atoms with Crippen molar-refractivity contribution in [1.29, 1.82) is 0 Å². The van der Waals surface area contributed by atoms with Crippen molar-refractivity contribution >= 4 is 53.7 Å². The van der Waals surface area contributed by atoms with E-state index in [2.05, 4.69) is 127 Å². The molecule has 0 aliphatic rings. The highest BCUT2D eigenvalue weighted by atomic mass is 79.9. The highest BCUT2D eigenvalue weighted by molar-refractivity contribution is 9.10. The first-order valence-corrected chi connectivity index (χ1v) is 12.9. The van der Waals surface area contributed by atoms with Crippen molar-refractivity contribution in [1.82, 2.24) is 9.97 Å². The lowest BCUT2D eigenvalue weighted by atomic mass is 9.82. The fourth-order valence-electron chi connectivity index (χ4n) is 4.73. The second-order valence-corrected chi connectivity index (χ2v) is 10.3. The molecule has 0 saturated carbocycles. The number of rotatable bonds is 3. The minimum atomic E-state index is -0.0117. The van der Waals surface area contributed by atoms with E-state index in [0.29, 0.717) is 0 Å². The highest BCUT2D eigenvalue weighted by Gasteiger charge is 2.25. The van der Waals surface area contributed by atoms with E-state index in [1.807, 2.05) is 30.3 Å². The minimum absolute atomic E-state index is 0.0117. The van der Waals surface area contributed by atoms with Crippen LogP contribution in [0.1, 0.15) is 33.7 Å². The van der Waals surface area contributed by atoms with Crippen molar-refractivity contribution in [2.45, 2.75) is 5.92 Å². The van der Waals surface area contributed by atoms with Gasteiger partial charge in [0, 0.05) is 60.2 Å². The third kappa shape index (κ3) is 4.23. The summed E-state index contributed by atoms with van der Waals surface area (Å²) in [4.78, 5) is 6.98. The summed E-state index contributed by atoms with van der Waals surface area (Å²) in [6.07, 6.45) is 4.28. The van der Waals surface area contributed by atoms with Crippen LogP contribution in [0.15, 0.2) is 112 Å². The van der Waals surface area contributed by atoms with Crippen molar-refractivity contribution in [2.24, 2.45) is 0 Å². The van der Waals surface area contributed by atoms with Gasteiger partial charge in [0.2, 0.25) is 0 Å². The van der Waals surface area contributed by atoms with Crippen molar-refractivity contribution in [2.75, 3.05) is 0 Å². The molecule has 168 valence electrons. The van der Waals surface area contributed by atoms with Crippen LogP contribution in [-0.2, 0) is 0 Å². The molecule has 0 amide bonds. The van der Waals surface area contributed by atoms with Crippen LogP contribution in [0, 0.1) is 11.8 Å². The van der Waals surface area contributed by atoms with Crippen LogP contribution < -0.4 is 0 Å². The third-order valence-corrected chi connectivity index (χ3v) is 7.35. The molecule has 4 heteroatoms. The van der Waals surface area contributed by atoms with Crippen LogP contribution in [0.3, 0.4) is 0 Å². The molecule has 2 heterocycles. The minimum Gasteiger partial charge on any atom is -0.361 e. The molecule has 2 nitrogen and oxygen atoms in total. The van der Waals surface area contributed by atoms with Crippen LogP contribution >= 0.6 is 31.9 Å². The van der Waals surface area contributed by atoms with Gasteiger partial charge in [-0.1, -0.05) is 80.1 Å². The Kier molecular flexibility index (Phi) is 5.82. The summed E-state index contributed by atoms with van der Waals surface area (Å²) in [5.41, 5.74) is 7.87. The quantitative estimate of drug-likeness (QED) is 0.196. The second-order valence-electron chi connectivity index (χ2n) is 8.50. The summed E-state index contributed by atoms with van der Waals surface area (Å²) >= 11 is 7.34. The van der Waals surface area contributed by atoms with Crippen LogP contribution in [0.5, 0.6) is 0 Å². The molecule has 0 fully saturated rings. The smallest absolute Gasteiger partial charge is 0.0457 e. The summed E-state index contributed by atoms with van der Waals surface area (Å²) in [7, 11) is 0. The first kappa shape index (κ1) is 22.0. The zero-order valence-electron chi connectivity index (χ0n) is 18.6. The average Bonchev–Trinajstić information content (AvgIpc) is 3.48. The fraction of sp³-hybridized carbons (Fsp3) is 0.0323. The van der Waals surface area contributed by atoms with Crippen LogP contribution in [0.25, 0.3) is 21.8 Å². The molecule has 2 N–H and O–H groups in total.